The third kappa shape index (κ3) is 5.28. The van der Waals surface area contributed by atoms with Crippen LogP contribution in [0.15, 0.2) is 24.5 Å². The third-order valence-electron chi connectivity index (χ3n) is 0.596. The molecule has 1 nitrogen and oxygen atoms in total. The van der Waals surface area contributed by atoms with Crippen molar-refractivity contribution in [3.05, 3.63) is 31.4 Å². The summed E-state index contributed by atoms with van der Waals surface area (Å²) < 4.78 is 4.79. The van der Waals surface area contributed by atoms with E-state index in [4.69, 9.17) is 4.74 Å². The predicted octanol–water partition coefficient (Wildman–Crippen LogP) is 1.93. The molecule has 0 bridgehead atoms. The van der Waals surface area contributed by atoms with Gasteiger partial charge in [-0.15, -0.1) is 0 Å². The van der Waals surface area contributed by atoms with Crippen LogP contribution in [-0.4, -0.2) is 6.61 Å². The van der Waals surface area contributed by atoms with Crippen molar-refractivity contribution in [2.24, 2.45) is 0 Å². The van der Waals surface area contributed by atoms with Gasteiger partial charge in [0, 0.05) is 0 Å². The lowest BCUT2D eigenvalue weighted by molar-refractivity contribution is 0.288. The predicted molar refractivity (Wildman–Crippen MR) is 35.3 cm³/mol. The third-order valence-corrected chi connectivity index (χ3v) is 0.596. The number of hydrogen-bond donors (Lipinski definition) is 0. The fourth-order valence-electron chi connectivity index (χ4n) is 0.280. The normalized spacial score (nSPS) is 11.2. The van der Waals surface area contributed by atoms with Crippen LogP contribution in [0.3, 0.4) is 0 Å². The highest BCUT2D eigenvalue weighted by atomic mass is 16.5. The molecule has 0 N–H and O–H groups in total. The van der Waals surface area contributed by atoms with Gasteiger partial charge in [-0.05, 0) is 19.9 Å². The molecule has 8 heavy (non-hydrogen) atoms. The molecule has 0 aromatic heterocycles. The molecule has 0 saturated heterocycles. The number of ether oxygens (including phenoxy) is 1. The molecule has 0 aromatic carbocycles. The number of hydrogen-bond acceptors (Lipinski definition) is 1. The molecule has 0 aliphatic heterocycles. The van der Waals surface area contributed by atoms with Crippen molar-refractivity contribution in [2.45, 2.75) is 6.92 Å². The molecular formula is C7H11O. The summed E-state index contributed by atoms with van der Waals surface area (Å²) in [7, 11) is 0. The summed E-state index contributed by atoms with van der Waals surface area (Å²) in [6, 6.07) is 0. The summed E-state index contributed by atoms with van der Waals surface area (Å²) in [4.78, 5) is 0. The molecule has 0 fully saturated rings. The van der Waals surface area contributed by atoms with Gasteiger partial charge in [0.2, 0.25) is 0 Å². The van der Waals surface area contributed by atoms with Gasteiger partial charge in [-0.3, -0.25) is 0 Å². The fraction of sp³-hybridized carbons (Fsp3) is 0.286. The molecule has 0 saturated carbocycles. The molecule has 0 aliphatic carbocycles. The lowest BCUT2D eigenvalue weighted by atomic mass is 10.5. The first-order valence-electron chi connectivity index (χ1n) is 2.60. The highest BCUT2D eigenvalue weighted by Gasteiger charge is 1.63. The van der Waals surface area contributed by atoms with Gasteiger partial charge in [-0.25, -0.2) is 0 Å². The topological polar surface area (TPSA) is 9.23 Å². The van der Waals surface area contributed by atoms with Crippen LogP contribution in [0.5, 0.6) is 0 Å². The van der Waals surface area contributed by atoms with Gasteiger partial charge in [-0.1, -0.05) is 12.2 Å². The Balaban J connectivity index is 3.07. The molecule has 0 spiro atoms. The first-order chi connectivity index (χ1) is 3.91. The second kappa shape index (κ2) is 6.28. The van der Waals surface area contributed by atoms with Crippen molar-refractivity contribution in [3.8, 4) is 0 Å². The van der Waals surface area contributed by atoms with Crippen molar-refractivity contribution in [1.82, 2.24) is 0 Å². The molecule has 0 rings (SSSR count). The van der Waals surface area contributed by atoms with E-state index in [0.29, 0.717) is 6.61 Å². The van der Waals surface area contributed by atoms with Crippen molar-refractivity contribution >= 4 is 0 Å². The minimum atomic E-state index is 0.494. The van der Waals surface area contributed by atoms with E-state index < -0.39 is 0 Å². The molecule has 0 aliphatic rings. The van der Waals surface area contributed by atoms with Crippen LogP contribution < -0.4 is 0 Å². The summed E-state index contributed by atoms with van der Waals surface area (Å²) in [6.45, 7) is 5.93. The maximum Gasteiger partial charge on any atom is 0.0874 e. The second-order valence-corrected chi connectivity index (χ2v) is 1.23. The first-order valence-corrected chi connectivity index (χ1v) is 2.60. The van der Waals surface area contributed by atoms with E-state index in [1.54, 1.807) is 6.26 Å². The Morgan fingerprint density at radius 2 is 2.25 bits per heavy atom. The minimum absolute atomic E-state index is 0.494. The van der Waals surface area contributed by atoms with Gasteiger partial charge in [-0.2, -0.15) is 0 Å². The van der Waals surface area contributed by atoms with Gasteiger partial charge in [0.05, 0.1) is 12.9 Å². The van der Waals surface area contributed by atoms with Gasteiger partial charge in [0.1, 0.15) is 0 Å². The summed E-state index contributed by atoms with van der Waals surface area (Å²) in [5.41, 5.74) is 0. The van der Waals surface area contributed by atoms with Crippen molar-refractivity contribution < 1.29 is 4.74 Å². The van der Waals surface area contributed by atoms with E-state index in [-0.39, 0.29) is 0 Å². The Kier molecular flexibility index (Phi) is 5.71. The average molecular weight is 111 g/mol. The maximum absolute atomic E-state index is 4.79. The Hall–Kier alpha value is -0.720. The van der Waals surface area contributed by atoms with Gasteiger partial charge in [0.15, 0.2) is 0 Å². The largest absolute Gasteiger partial charge is 0.501 e. The number of allylic oxidation sites excluding steroid dienone is 3. The van der Waals surface area contributed by atoms with Crippen LogP contribution in [0.1, 0.15) is 6.92 Å². The Bertz CT molecular complexity index is 82.4. The van der Waals surface area contributed by atoms with Gasteiger partial charge >= 0.3 is 0 Å². The minimum Gasteiger partial charge on any atom is -0.501 e. The zero-order valence-electron chi connectivity index (χ0n) is 5.13. The Labute approximate surface area is 50.7 Å². The summed E-state index contributed by atoms with van der Waals surface area (Å²) in [5.74, 6) is 0. The molecule has 0 aromatic rings. The zero-order valence-corrected chi connectivity index (χ0v) is 5.13. The summed E-state index contributed by atoms with van der Waals surface area (Å²) in [6.07, 6.45) is 7.27. The quantitative estimate of drug-likeness (QED) is 0.399. The zero-order chi connectivity index (χ0) is 6.24. The van der Waals surface area contributed by atoms with E-state index in [0.717, 1.165) is 0 Å². The standard InChI is InChI=1S/C7H11O/c1-3-5-6-7-8-4-2/h3,5-7H,2,4H2,1H3. The SMILES string of the molecule is [CH2]COC=CC=CC. The van der Waals surface area contributed by atoms with Crippen molar-refractivity contribution in [3.63, 3.8) is 0 Å². The monoisotopic (exact) mass is 111 g/mol. The van der Waals surface area contributed by atoms with Crippen molar-refractivity contribution in [2.75, 3.05) is 6.61 Å². The average Bonchev–Trinajstić information content (AvgIpc) is 1.81. The molecule has 1 heteroatoms. The second-order valence-electron chi connectivity index (χ2n) is 1.23. The van der Waals surface area contributed by atoms with E-state index in [1.807, 2.05) is 25.2 Å². The highest BCUT2D eigenvalue weighted by molar-refractivity contribution is 4.97. The molecule has 0 heterocycles. The van der Waals surface area contributed by atoms with Crippen LogP contribution >= 0.6 is 0 Å². The fourth-order valence-corrected chi connectivity index (χ4v) is 0.280. The van der Waals surface area contributed by atoms with Gasteiger partial charge in [0.25, 0.3) is 0 Å². The van der Waals surface area contributed by atoms with Crippen LogP contribution in [-0.2, 0) is 4.74 Å². The van der Waals surface area contributed by atoms with E-state index in [1.165, 1.54) is 0 Å². The first kappa shape index (κ1) is 7.28. The highest BCUT2D eigenvalue weighted by Crippen LogP contribution is 1.77. The van der Waals surface area contributed by atoms with Crippen LogP contribution in [0.25, 0.3) is 0 Å². The molecule has 0 unspecified atom stereocenters. The van der Waals surface area contributed by atoms with E-state index >= 15 is 0 Å². The van der Waals surface area contributed by atoms with E-state index in [9.17, 15) is 0 Å². The Morgan fingerprint density at radius 1 is 1.50 bits per heavy atom. The molecule has 0 amide bonds. The van der Waals surface area contributed by atoms with Crippen LogP contribution in [0.2, 0.25) is 0 Å². The molecule has 1 radical (unpaired) electrons. The van der Waals surface area contributed by atoms with Crippen LogP contribution in [0, 0.1) is 6.92 Å². The van der Waals surface area contributed by atoms with Crippen LogP contribution in [0.4, 0.5) is 0 Å². The lowest BCUT2D eigenvalue weighted by Gasteiger charge is -1.87. The molecule has 45 valence electrons. The number of rotatable bonds is 3. The van der Waals surface area contributed by atoms with Gasteiger partial charge < -0.3 is 4.74 Å². The maximum atomic E-state index is 4.79. The van der Waals surface area contributed by atoms with Crippen molar-refractivity contribution in [1.29, 1.82) is 0 Å². The Morgan fingerprint density at radius 3 is 2.75 bits per heavy atom. The lowest BCUT2D eigenvalue weighted by Crippen LogP contribution is -1.74. The summed E-state index contributed by atoms with van der Waals surface area (Å²) in [5, 5.41) is 0. The summed E-state index contributed by atoms with van der Waals surface area (Å²) >= 11 is 0. The smallest absolute Gasteiger partial charge is 0.0874 e. The molecular weight excluding hydrogens is 100 g/mol. The van der Waals surface area contributed by atoms with E-state index in [2.05, 4.69) is 6.92 Å². The molecule has 0 atom stereocenters.